The molecule has 2 aliphatic rings. The highest BCUT2D eigenvalue weighted by molar-refractivity contribution is 7.09. The van der Waals surface area contributed by atoms with Crippen LogP contribution in [0.15, 0.2) is 17.5 Å². The Hall–Kier alpha value is -1.66. The Morgan fingerprint density at radius 1 is 1.31 bits per heavy atom. The fourth-order valence-electron chi connectivity index (χ4n) is 4.22. The van der Waals surface area contributed by atoms with Crippen LogP contribution < -0.4 is 5.32 Å². The molecule has 0 spiro atoms. The molecule has 4 rings (SSSR count). The van der Waals surface area contributed by atoms with Gasteiger partial charge in [0.25, 0.3) is 5.91 Å². The zero-order valence-electron chi connectivity index (χ0n) is 15.5. The number of thiophene rings is 1. The predicted octanol–water partition coefficient (Wildman–Crippen LogP) is 3.14. The van der Waals surface area contributed by atoms with E-state index in [0.717, 1.165) is 51.7 Å². The predicted molar refractivity (Wildman–Crippen MR) is 105 cm³/mol. The fourth-order valence-corrected chi connectivity index (χ4v) is 4.87. The van der Waals surface area contributed by atoms with Crippen molar-refractivity contribution in [2.45, 2.75) is 57.5 Å². The maximum atomic E-state index is 13.1. The molecule has 3 heterocycles. The van der Waals surface area contributed by atoms with Gasteiger partial charge < -0.3 is 10.2 Å². The quantitative estimate of drug-likeness (QED) is 0.897. The molecular weight excluding hydrogens is 344 g/mol. The minimum absolute atomic E-state index is 0.141. The monoisotopic (exact) mass is 372 g/mol. The van der Waals surface area contributed by atoms with Crippen molar-refractivity contribution in [2.75, 3.05) is 13.1 Å². The molecule has 0 unspecified atom stereocenters. The number of aryl methyl sites for hydroxylation is 1. The van der Waals surface area contributed by atoms with Gasteiger partial charge >= 0.3 is 0 Å². The number of carbonyl (C=O) groups excluding carboxylic acids is 1. The van der Waals surface area contributed by atoms with E-state index in [9.17, 15) is 4.79 Å². The van der Waals surface area contributed by atoms with Crippen molar-refractivity contribution in [3.63, 3.8) is 0 Å². The lowest BCUT2D eigenvalue weighted by atomic mass is 9.91. The van der Waals surface area contributed by atoms with Crippen molar-refractivity contribution in [1.29, 1.82) is 0 Å². The van der Waals surface area contributed by atoms with E-state index in [1.807, 2.05) is 16.6 Å². The van der Waals surface area contributed by atoms with E-state index in [-0.39, 0.29) is 5.91 Å². The zero-order valence-corrected chi connectivity index (χ0v) is 16.4. The Kier molecular flexibility index (Phi) is 5.41. The van der Waals surface area contributed by atoms with Gasteiger partial charge in [-0.1, -0.05) is 18.9 Å². The number of aromatic nitrogens is 2. The van der Waals surface area contributed by atoms with Crippen LogP contribution in [0.5, 0.6) is 0 Å². The smallest absolute Gasteiger partial charge is 0.274 e. The molecule has 1 N–H and O–H groups in total. The molecule has 2 aromatic heterocycles. The summed E-state index contributed by atoms with van der Waals surface area (Å²) >= 11 is 1.79. The summed E-state index contributed by atoms with van der Waals surface area (Å²) in [5.74, 6) is 0.141. The lowest BCUT2D eigenvalue weighted by Gasteiger charge is -2.25. The van der Waals surface area contributed by atoms with Crippen LogP contribution in [0.2, 0.25) is 0 Å². The molecule has 1 aliphatic heterocycles. The van der Waals surface area contributed by atoms with Gasteiger partial charge in [-0.05, 0) is 43.6 Å². The van der Waals surface area contributed by atoms with Crippen molar-refractivity contribution in [1.82, 2.24) is 20.0 Å². The van der Waals surface area contributed by atoms with Crippen LogP contribution in [0.25, 0.3) is 0 Å². The fraction of sp³-hybridized carbons (Fsp3) is 0.600. The number of nitrogens with one attached hydrogen (secondary N) is 1. The molecule has 26 heavy (non-hydrogen) atoms. The largest absolute Gasteiger partial charge is 0.337 e. The first-order chi connectivity index (χ1) is 12.7. The Morgan fingerprint density at radius 3 is 2.85 bits per heavy atom. The number of fused-ring (bicyclic) bond motifs is 1. The average Bonchev–Trinajstić information content (AvgIpc) is 3.19. The molecule has 2 aromatic rings. The lowest BCUT2D eigenvalue weighted by Crippen LogP contribution is -2.36. The van der Waals surface area contributed by atoms with Crippen molar-refractivity contribution in [3.05, 3.63) is 39.3 Å². The number of nitrogens with zero attached hydrogens (tertiary/aromatic N) is 3. The van der Waals surface area contributed by atoms with Gasteiger partial charge in [-0.25, -0.2) is 0 Å². The van der Waals surface area contributed by atoms with Crippen LogP contribution in [-0.2, 0) is 26.4 Å². The number of rotatable bonds is 4. The van der Waals surface area contributed by atoms with Gasteiger partial charge in [-0.3, -0.25) is 9.48 Å². The molecule has 140 valence electrons. The Morgan fingerprint density at radius 2 is 2.12 bits per heavy atom. The van der Waals surface area contributed by atoms with Crippen molar-refractivity contribution in [3.8, 4) is 0 Å². The molecule has 0 saturated carbocycles. The Balaban J connectivity index is 1.49. The highest BCUT2D eigenvalue weighted by Gasteiger charge is 2.30. The molecule has 1 amide bonds. The number of carbonyl (C=O) groups is 1. The number of likely N-dealkylation sites (tertiary alicyclic amines) is 1. The number of hydrogen-bond acceptors (Lipinski definition) is 4. The molecule has 0 aromatic carbocycles. The van der Waals surface area contributed by atoms with Crippen LogP contribution in [0.4, 0.5) is 0 Å². The third-order valence-corrected chi connectivity index (χ3v) is 6.57. The van der Waals surface area contributed by atoms with Crippen LogP contribution in [0, 0.1) is 0 Å². The highest BCUT2D eigenvalue weighted by Crippen LogP contribution is 2.26. The molecule has 6 heteroatoms. The van der Waals surface area contributed by atoms with Gasteiger partial charge in [0.15, 0.2) is 5.69 Å². The van der Waals surface area contributed by atoms with Crippen molar-refractivity contribution < 1.29 is 4.79 Å². The first kappa shape index (κ1) is 17.7. The molecule has 1 atom stereocenters. The van der Waals surface area contributed by atoms with Gasteiger partial charge in [0.05, 0.1) is 0 Å². The highest BCUT2D eigenvalue weighted by atomic mass is 32.1. The Bertz CT molecular complexity index is 744. The van der Waals surface area contributed by atoms with E-state index in [0.29, 0.717) is 11.7 Å². The van der Waals surface area contributed by atoms with E-state index in [1.54, 1.807) is 11.3 Å². The SMILES string of the molecule is Cn1nc(C(=O)N2CCCCCC2)c2c1CC[C@H](NCc1cccs1)C2. The summed E-state index contributed by atoms with van der Waals surface area (Å²) in [4.78, 5) is 16.5. The van der Waals surface area contributed by atoms with Gasteiger partial charge in [-0.2, -0.15) is 5.10 Å². The lowest BCUT2D eigenvalue weighted by molar-refractivity contribution is 0.0753. The van der Waals surface area contributed by atoms with Gasteiger partial charge in [0.2, 0.25) is 0 Å². The van der Waals surface area contributed by atoms with Crippen LogP contribution >= 0.6 is 11.3 Å². The van der Waals surface area contributed by atoms with E-state index in [2.05, 4.69) is 27.9 Å². The summed E-state index contributed by atoms with van der Waals surface area (Å²) < 4.78 is 1.94. The first-order valence-electron chi connectivity index (χ1n) is 9.82. The zero-order chi connectivity index (χ0) is 17.9. The van der Waals surface area contributed by atoms with E-state index < -0.39 is 0 Å². The second-order valence-corrected chi connectivity index (χ2v) is 8.54. The molecule has 1 saturated heterocycles. The number of amides is 1. The normalized spacial score (nSPS) is 20.7. The Labute approximate surface area is 159 Å². The average molecular weight is 373 g/mol. The summed E-state index contributed by atoms with van der Waals surface area (Å²) in [7, 11) is 1.98. The molecular formula is C20H28N4OS. The molecule has 0 radical (unpaired) electrons. The maximum Gasteiger partial charge on any atom is 0.274 e. The number of hydrogen-bond donors (Lipinski definition) is 1. The third kappa shape index (κ3) is 3.71. The summed E-state index contributed by atoms with van der Waals surface area (Å²) in [6, 6.07) is 4.69. The summed E-state index contributed by atoms with van der Waals surface area (Å²) in [6.07, 6.45) is 7.71. The van der Waals surface area contributed by atoms with Gasteiger partial charge in [0, 0.05) is 48.9 Å². The van der Waals surface area contributed by atoms with E-state index >= 15 is 0 Å². The van der Waals surface area contributed by atoms with Crippen molar-refractivity contribution in [2.24, 2.45) is 7.05 Å². The van der Waals surface area contributed by atoms with E-state index in [4.69, 9.17) is 0 Å². The van der Waals surface area contributed by atoms with Gasteiger partial charge in [0.1, 0.15) is 0 Å². The maximum absolute atomic E-state index is 13.1. The van der Waals surface area contributed by atoms with Gasteiger partial charge in [-0.15, -0.1) is 11.3 Å². The summed E-state index contributed by atoms with van der Waals surface area (Å²) in [6.45, 7) is 2.67. The second-order valence-electron chi connectivity index (χ2n) is 7.50. The first-order valence-corrected chi connectivity index (χ1v) is 10.7. The second kappa shape index (κ2) is 7.92. The van der Waals surface area contributed by atoms with Crippen LogP contribution in [0.1, 0.15) is 58.7 Å². The third-order valence-electron chi connectivity index (χ3n) is 5.70. The molecule has 1 aliphatic carbocycles. The van der Waals surface area contributed by atoms with E-state index in [1.165, 1.54) is 29.0 Å². The topological polar surface area (TPSA) is 50.2 Å². The molecule has 5 nitrogen and oxygen atoms in total. The minimum Gasteiger partial charge on any atom is -0.337 e. The summed E-state index contributed by atoms with van der Waals surface area (Å²) in [5, 5.41) is 10.4. The summed E-state index contributed by atoms with van der Waals surface area (Å²) in [5.41, 5.74) is 3.13. The van der Waals surface area contributed by atoms with Crippen LogP contribution in [0.3, 0.4) is 0 Å². The standard InChI is InChI=1S/C20H28N4OS/c1-23-18-9-8-15(21-14-16-7-6-12-26-16)13-17(18)19(22-23)20(25)24-10-4-2-3-5-11-24/h6-7,12,15,21H,2-5,8-11,13-14H2,1H3/t15-/m0/s1. The van der Waals surface area contributed by atoms with Crippen LogP contribution in [-0.4, -0.2) is 39.7 Å². The minimum atomic E-state index is 0.141. The molecule has 1 fully saturated rings. The molecule has 0 bridgehead atoms. The van der Waals surface area contributed by atoms with Crippen molar-refractivity contribution >= 4 is 17.2 Å².